The monoisotopic (exact) mass is 279 g/mol. The zero-order chi connectivity index (χ0) is 14.7. The lowest BCUT2D eigenvalue weighted by atomic mass is 10.2. The van der Waals surface area contributed by atoms with Crippen LogP contribution in [-0.2, 0) is 19.1 Å². The number of halogens is 1. The summed E-state index contributed by atoms with van der Waals surface area (Å²) in [6.45, 7) is 1.63. The van der Waals surface area contributed by atoms with Gasteiger partial charge in [0.2, 0.25) is 11.7 Å². The van der Waals surface area contributed by atoms with Crippen LogP contribution in [0.1, 0.15) is 6.92 Å². The molecule has 1 aliphatic rings. The molecule has 0 radical (unpaired) electrons. The van der Waals surface area contributed by atoms with E-state index in [9.17, 15) is 14.0 Å². The molecule has 1 aromatic rings. The fourth-order valence-electron chi connectivity index (χ4n) is 1.85. The Labute approximate surface area is 115 Å². The quantitative estimate of drug-likeness (QED) is 0.619. The molecule has 0 N–H and O–H groups in total. The van der Waals surface area contributed by atoms with Gasteiger partial charge in [-0.1, -0.05) is 0 Å². The van der Waals surface area contributed by atoms with Crippen LogP contribution >= 0.6 is 0 Å². The van der Waals surface area contributed by atoms with Gasteiger partial charge in [-0.25, -0.2) is 9.18 Å². The molecule has 106 valence electrons. The molecule has 0 aliphatic carbocycles. The molecule has 5 nitrogen and oxygen atoms in total. The van der Waals surface area contributed by atoms with Gasteiger partial charge in [0.25, 0.3) is 0 Å². The Morgan fingerprint density at radius 3 is 2.65 bits per heavy atom. The molecule has 1 aromatic carbocycles. The van der Waals surface area contributed by atoms with E-state index in [2.05, 4.69) is 0 Å². The second-order valence-corrected chi connectivity index (χ2v) is 4.15. The molecule has 2 rings (SSSR count). The molecule has 20 heavy (non-hydrogen) atoms. The third-order valence-corrected chi connectivity index (χ3v) is 2.83. The van der Waals surface area contributed by atoms with Crippen molar-refractivity contribution in [3.8, 4) is 0 Å². The summed E-state index contributed by atoms with van der Waals surface area (Å²) < 4.78 is 23.0. The molecular formula is C14H14FNO4. The summed E-state index contributed by atoms with van der Waals surface area (Å²) >= 11 is 0. The molecule has 0 bridgehead atoms. The smallest absolute Gasteiger partial charge is 0.347 e. The minimum Gasteiger partial charge on any atom is -0.470 e. The molecule has 0 fully saturated rings. The Hall–Kier alpha value is -2.37. The van der Waals surface area contributed by atoms with Gasteiger partial charge in [0.05, 0.1) is 6.61 Å². The number of hydrogen-bond donors (Lipinski definition) is 0. The number of Topliss-reactive ketones (excluding diaryl/α,β-unsaturated/α-hetero) is 1. The van der Waals surface area contributed by atoms with Crippen LogP contribution in [0.3, 0.4) is 0 Å². The first-order valence-electron chi connectivity index (χ1n) is 6.11. The van der Waals surface area contributed by atoms with E-state index >= 15 is 0 Å². The lowest BCUT2D eigenvalue weighted by molar-refractivity contribution is -0.139. The number of benzene rings is 1. The number of esters is 1. The van der Waals surface area contributed by atoms with Crippen LogP contribution in [0.5, 0.6) is 0 Å². The predicted octanol–water partition coefficient (Wildman–Crippen LogP) is 1.64. The summed E-state index contributed by atoms with van der Waals surface area (Å²) in [6.07, 6.45) is 0. The van der Waals surface area contributed by atoms with E-state index in [1.54, 1.807) is 14.0 Å². The Bertz CT molecular complexity index is 565. The van der Waals surface area contributed by atoms with Crippen molar-refractivity contribution in [2.75, 3.05) is 25.2 Å². The Kier molecular flexibility index (Phi) is 4.02. The van der Waals surface area contributed by atoms with Gasteiger partial charge in [-0.3, -0.25) is 4.79 Å². The molecule has 0 saturated heterocycles. The van der Waals surface area contributed by atoms with Crippen molar-refractivity contribution in [2.24, 2.45) is 0 Å². The van der Waals surface area contributed by atoms with Crippen molar-refractivity contribution in [1.29, 1.82) is 0 Å². The summed E-state index contributed by atoms with van der Waals surface area (Å²) in [4.78, 5) is 25.0. The second-order valence-electron chi connectivity index (χ2n) is 4.15. The van der Waals surface area contributed by atoms with E-state index < -0.39 is 11.8 Å². The first-order valence-corrected chi connectivity index (χ1v) is 6.11. The standard InChI is InChI=1S/C14H14FNO4/c1-3-19-14(18)12-11(17)8-20-13(12)16(2)10-6-4-9(15)5-7-10/h4-7H,3,8H2,1-2H3. The molecule has 0 aromatic heterocycles. The first kappa shape index (κ1) is 14.0. The summed E-state index contributed by atoms with van der Waals surface area (Å²) in [5.41, 5.74) is 0.483. The maximum atomic E-state index is 12.9. The highest BCUT2D eigenvalue weighted by atomic mass is 19.1. The summed E-state index contributed by atoms with van der Waals surface area (Å²) in [6, 6.07) is 5.62. The molecule has 0 unspecified atom stereocenters. The zero-order valence-corrected chi connectivity index (χ0v) is 11.2. The van der Waals surface area contributed by atoms with E-state index in [1.165, 1.54) is 29.2 Å². The van der Waals surface area contributed by atoms with Crippen molar-refractivity contribution in [2.45, 2.75) is 6.92 Å². The SMILES string of the molecule is CCOC(=O)C1=C(N(C)c2ccc(F)cc2)OCC1=O. The Morgan fingerprint density at radius 2 is 2.05 bits per heavy atom. The molecule has 1 heterocycles. The molecular weight excluding hydrogens is 265 g/mol. The second kappa shape index (κ2) is 5.73. The van der Waals surface area contributed by atoms with Gasteiger partial charge in [-0.05, 0) is 31.2 Å². The van der Waals surface area contributed by atoms with Crippen LogP contribution in [0.25, 0.3) is 0 Å². The fraction of sp³-hybridized carbons (Fsp3) is 0.286. The summed E-state index contributed by atoms with van der Waals surface area (Å²) in [7, 11) is 1.63. The average molecular weight is 279 g/mol. The zero-order valence-electron chi connectivity index (χ0n) is 11.2. The fourth-order valence-corrected chi connectivity index (χ4v) is 1.85. The van der Waals surface area contributed by atoms with Crippen molar-refractivity contribution < 1.29 is 23.5 Å². The maximum absolute atomic E-state index is 12.9. The van der Waals surface area contributed by atoms with Gasteiger partial charge in [-0.15, -0.1) is 0 Å². The number of hydrogen-bond acceptors (Lipinski definition) is 5. The maximum Gasteiger partial charge on any atom is 0.347 e. The van der Waals surface area contributed by atoms with Crippen molar-refractivity contribution in [3.05, 3.63) is 41.5 Å². The van der Waals surface area contributed by atoms with Crippen LogP contribution in [0.2, 0.25) is 0 Å². The minimum absolute atomic E-state index is 0.112. The summed E-state index contributed by atoms with van der Waals surface area (Å²) in [5.74, 6) is -1.38. The topological polar surface area (TPSA) is 55.8 Å². The van der Waals surface area contributed by atoms with Gasteiger partial charge in [-0.2, -0.15) is 0 Å². The highest BCUT2D eigenvalue weighted by molar-refractivity contribution is 6.19. The van der Waals surface area contributed by atoms with Gasteiger partial charge >= 0.3 is 5.97 Å². The van der Waals surface area contributed by atoms with E-state index in [4.69, 9.17) is 9.47 Å². The van der Waals surface area contributed by atoms with Crippen molar-refractivity contribution >= 4 is 17.4 Å². The van der Waals surface area contributed by atoms with E-state index in [-0.39, 0.29) is 30.5 Å². The van der Waals surface area contributed by atoms with Crippen LogP contribution in [0.15, 0.2) is 35.7 Å². The van der Waals surface area contributed by atoms with Crippen LogP contribution in [0, 0.1) is 5.82 Å². The summed E-state index contributed by atoms with van der Waals surface area (Å²) in [5, 5.41) is 0. The number of carbonyl (C=O) groups excluding carboxylic acids is 2. The van der Waals surface area contributed by atoms with Gasteiger partial charge in [0, 0.05) is 12.7 Å². The van der Waals surface area contributed by atoms with Crippen LogP contribution < -0.4 is 4.90 Å². The molecule has 0 amide bonds. The lowest BCUT2D eigenvalue weighted by Gasteiger charge is -2.20. The highest BCUT2D eigenvalue weighted by Crippen LogP contribution is 2.25. The Morgan fingerprint density at radius 1 is 1.40 bits per heavy atom. The third kappa shape index (κ3) is 2.64. The van der Waals surface area contributed by atoms with Gasteiger partial charge in [0.1, 0.15) is 5.82 Å². The normalized spacial score (nSPS) is 14.2. The third-order valence-electron chi connectivity index (χ3n) is 2.83. The molecule has 0 spiro atoms. The van der Waals surface area contributed by atoms with Crippen LogP contribution in [0.4, 0.5) is 10.1 Å². The number of rotatable bonds is 4. The van der Waals surface area contributed by atoms with E-state index in [0.717, 1.165) is 0 Å². The predicted molar refractivity (Wildman–Crippen MR) is 69.4 cm³/mol. The lowest BCUT2D eigenvalue weighted by Crippen LogP contribution is -2.22. The number of anilines is 1. The number of nitrogens with zero attached hydrogens (tertiary/aromatic N) is 1. The largest absolute Gasteiger partial charge is 0.470 e. The number of ether oxygens (including phenoxy) is 2. The van der Waals surface area contributed by atoms with Crippen molar-refractivity contribution in [1.82, 2.24) is 0 Å². The molecule has 6 heteroatoms. The van der Waals surface area contributed by atoms with E-state index in [1.807, 2.05) is 0 Å². The molecule has 0 saturated carbocycles. The van der Waals surface area contributed by atoms with Gasteiger partial charge in [0.15, 0.2) is 12.2 Å². The first-order chi connectivity index (χ1) is 9.54. The molecule has 0 atom stereocenters. The van der Waals surface area contributed by atoms with E-state index in [0.29, 0.717) is 5.69 Å². The highest BCUT2D eigenvalue weighted by Gasteiger charge is 2.34. The number of ketones is 1. The van der Waals surface area contributed by atoms with Crippen molar-refractivity contribution in [3.63, 3.8) is 0 Å². The average Bonchev–Trinajstić information content (AvgIpc) is 2.81. The van der Waals surface area contributed by atoms with Gasteiger partial charge < -0.3 is 14.4 Å². The number of carbonyl (C=O) groups is 2. The van der Waals surface area contributed by atoms with Crippen LogP contribution in [-0.4, -0.2) is 32.0 Å². The Balaban J connectivity index is 2.34. The minimum atomic E-state index is -0.709. The molecule has 1 aliphatic heterocycles.